The Balaban J connectivity index is 2.30. The highest BCUT2D eigenvalue weighted by Crippen LogP contribution is 2.19. The number of carbonyl (C=O) groups is 1. The Bertz CT molecular complexity index is 831. The number of hydrogen-bond acceptors (Lipinski definition) is 4. The highest BCUT2D eigenvalue weighted by atomic mass is 32.2. The van der Waals surface area contributed by atoms with Crippen molar-refractivity contribution in [3.8, 4) is 0 Å². The fraction of sp³-hybridized carbons (Fsp3) is 0.316. The van der Waals surface area contributed by atoms with Crippen LogP contribution < -0.4 is 5.32 Å². The number of aliphatic hydroxyl groups excluding tert-OH is 1. The minimum absolute atomic E-state index is 0.0851. The van der Waals surface area contributed by atoms with Gasteiger partial charge in [0, 0.05) is 13.1 Å². The fourth-order valence-electron chi connectivity index (χ4n) is 2.39. The van der Waals surface area contributed by atoms with Gasteiger partial charge in [0.15, 0.2) is 0 Å². The fourth-order valence-corrected chi connectivity index (χ4v) is 3.78. The van der Waals surface area contributed by atoms with Gasteiger partial charge in [-0.1, -0.05) is 47.5 Å². The van der Waals surface area contributed by atoms with Crippen LogP contribution in [-0.2, 0) is 21.4 Å². The van der Waals surface area contributed by atoms with Crippen molar-refractivity contribution in [2.24, 2.45) is 0 Å². The molecule has 2 aromatic rings. The third-order valence-electron chi connectivity index (χ3n) is 3.89. The van der Waals surface area contributed by atoms with E-state index < -0.39 is 15.9 Å². The molecular weight excluding hydrogens is 352 g/mol. The Hall–Kier alpha value is -2.22. The van der Waals surface area contributed by atoms with Crippen molar-refractivity contribution in [3.63, 3.8) is 0 Å². The Morgan fingerprint density at radius 3 is 2.08 bits per heavy atom. The lowest BCUT2D eigenvalue weighted by atomic mass is 10.1. The molecule has 0 saturated carbocycles. The molecule has 2 rings (SSSR count). The highest BCUT2D eigenvalue weighted by molar-refractivity contribution is 7.89. The van der Waals surface area contributed by atoms with Crippen LogP contribution in [0.3, 0.4) is 0 Å². The van der Waals surface area contributed by atoms with Crippen molar-refractivity contribution in [1.29, 1.82) is 0 Å². The van der Waals surface area contributed by atoms with E-state index in [1.54, 1.807) is 24.3 Å². The summed E-state index contributed by atoms with van der Waals surface area (Å²) in [6, 6.07) is 14.0. The Morgan fingerprint density at radius 1 is 1.00 bits per heavy atom. The number of carbonyl (C=O) groups excluding carboxylic acids is 1. The van der Waals surface area contributed by atoms with Gasteiger partial charge in [-0.15, -0.1) is 0 Å². The van der Waals surface area contributed by atoms with Crippen LogP contribution in [0.5, 0.6) is 0 Å². The number of aryl methyl sites for hydroxylation is 2. The Labute approximate surface area is 154 Å². The normalized spacial score (nSPS) is 11.5. The van der Waals surface area contributed by atoms with E-state index in [-0.39, 0.29) is 31.1 Å². The van der Waals surface area contributed by atoms with Crippen molar-refractivity contribution in [2.45, 2.75) is 25.3 Å². The van der Waals surface area contributed by atoms with E-state index in [9.17, 15) is 13.2 Å². The van der Waals surface area contributed by atoms with E-state index in [1.165, 1.54) is 0 Å². The van der Waals surface area contributed by atoms with Crippen LogP contribution in [-0.4, -0.2) is 43.4 Å². The summed E-state index contributed by atoms with van der Waals surface area (Å²) in [5, 5.41) is 11.3. The number of nitrogens with one attached hydrogen (secondary N) is 1. The lowest BCUT2D eigenvalue weighted by Crippen LogP contribution is -2.41. The molecule has 140 valence electrons. The summed E-state index contributed by atoms with van der Waals surface area (Å²) in [6.45, 7) is 3.49. The first-order valence-electron chi connectivity index (χ1n) is 8.33. The van der Waals surface area contributed by atoms with E-state index in [2.05, 4.69) is 5.32 Å². The molecular formula is C19H24N2O4S. The predicted molar refractivity (Wildman–Crippen MR) is 100 cm³/mol. The standard InChI is InChI=1S/C19H24N2O4S/c1-15-3-7-17(8-4-15)13-21(14-19(23)20-11-12-22)26(24,25)18-9-5-16(2)6-10-18/h3-10,22H,11-14H2,1-2H3,(H,20,23). The van der Waals surface area contributed by atoms with E-state index in [4.69, 9.17) is 5.11 Å². The molecule has 2 N–H and O–H groups in total. The van der Waals surface area contributed by atoms with Crippen LogP contribution >= 0.6 is 0 Å². The number of rotatable bonds is 8. The Morgan fingerprint density at radius 2 is 1.54 bits per heavy atom. The maximum atomic E-state index is 13.0. The number of aliphatic hydroxyl groups is 1. The smallest absolute Gasteiger partial charge is 0.243 e. The number of benzene rings is 2. The van der Waals surface area contributed by atoms with Crippen LogP contribution in [0, 0.1) is 13.8 Å². The molecule has 0 fully saturated rings. The summed E-state index contributed by atoms with van der Waals surface area (Å²) in [5.41, 5.74) is 2.82. The van der Waals surface area contributed by atoms with Crippen molar-refractivity contribution >= 4 is 15.9 Å². The summed E-state index contributed by atoms with van der Waals surface area (Å²) in [7, 11) is -3.84. The van der Waals surface area contributed by atoms with Crippen LogP contribution in [0.1, 0.15) is 16.7 Å². The summed E-state index contributed by atoms with van der Waals surface area (Å²) in [5.74, 6) is -0.457. The molecule has 0 bridgehead atoms. The third-order valence-corrected chi connectivity index (χ3v) is 5.70. The summed E-state index contributed by atoms with van der Waals surface area (Å²) >= 11 is 0. The lowest BCUT2D eigenvalue weighted by molar-refractivity contribution is -0.121. The van der Waals surface area contributed by atoms with E-state index in [0.717, 1.165) is 21.0 Å². The molecule has 26 heavy (non-hydrogen) atoms. The summed E-state index contributed by atoms with van der Waals surface area (Å²) in [6.07, 6.45) is 0. The minimum Gasteiger partial charge on any atom is -0.395 e. The van der Waals surface area contributed by atoms with Crippen LogP contribution in [0.15, 0.2) is 53.4 Å². The van der Waals surface area contributed by atoms with Crippen molar-refractivity contribution in [1.82, 2.24) is 9.62 Å². The molecule has 6 nitrogen and oxygen atoms in total. The quantitative estimate of drug-likeness (QED) is 0.733. The second kappa shape index (κ2) is 8.93. The first-order chi connectivity index (χ1) is 12.3. The van der Waals surface area contributed by atoms with Crippen molar-refractivity contribution in [2.75, 3.05) is 19.7 Å². The van der Waals surface area contributed by atoms with Crippen LogP contribution in [0.2, 0.25) is 0 Å². The van der Waals surface area contributed by atoms with Gasteiger partial charge in [0.25, 0.3) is 0 Å². The maximum Gasteiger partial charge on any atom is 0.243 e. The zero-order valence-corrected chi connectivity index (χ0v) is 15.8. The monoisotopic (exact) mass is 376 g/mol. The van der Waals surface area contributed by atoms with E-state index >= 15 is 0 Å². The Kier molecular flexibility index (Phi) is 6.90. The van der Waals surface area contributed by atoms with Gasteiger partial charge in [-0.2, -0.15) is 4.31 Å². The lowest BCUT2D eigenvalue weighted by Gasteiger charge is -2.22. The molecule has 2 aromatic carbocycles. The highest BCUT2D eigenvalue weighted by Gasteiger charge is 2.26. The molecule has 0 aliphatic rings. The minimum atomic E-state index is -3.84. The van der Waals surface area contributed by atoms with Crippen molar-refractivity contribution in [3.05, 3.63) is 65.2 Å². The average molecular weight is 376 g/mol. The van der Waals surface area contributed by atoms with Crippen LogP contribution in [0.25, 0.3) is 0 Å². The summed E-state index contributed by atoms with van der Waals surface area (Å²) < 4.78 is 27.2. The molecule has 0 radical (unpaired) electrons. The molecule has 0 saturated heterocycles. The molecule has 0 aliphatic heterocycles. The van der Waals surface area contributed by atoms with Gasteiger partial charge in [-0.05, 0) is 31.5 Å². The van der Waals surface area contributed by atoms with Gasteiger partial charge in [0.2, 0.25) is 15.9 Å². The number of hydrogen-bond donors (Lipinski definition) is 2. The molecule has 7 heteroatoms. The van der Waals surface area contributed by atoms with Crippen LogP contribution in [0.4, 0.5) is 0 Å². The molecule has 0 atom stereocenters. The van der Waals surface area contributed by atoms with E-state index in [1.807, 2.05) is 38.1 Å². The second-order valence-electron chi connectivity index (χ2n) is 6.15. The molecule has 0 aliphatic carbocycles. The number of sulfonamides is 1. The van der Waals surface area contributed by atoms with Gasteiger partial charge in [-0.3, -0.25) is 4.79 Å². The molecule has 0 heterocycles. The first-order valence-corrected chi connectivity index (χ1v) is 9.77. The topological polar surface area (TPSA) is 86.7 Å². The van der Waals surface area contributed by atoms with Gasteiger partial charge < -0.3 is 10.4 Å². The van der Waals surface area contributed by atoms with Gasteiger partial charge in [0.1, 0.15) is 0 Å². The largest absolute Gasteiger partial charge is 0.395 e. The van der Waals surface area contributed by atoms with E-state index in [0.29, 0.717) is 0 Å². The van der Waals surface area contributed by atoms with Gasteiger partial charge in [-0.25, -0.2) is 8.42 Å². The second-order valence-corrected chi connectivity index (χ2v) is 8.08. The SMILES string of the molecule is Cc1ccc(CN(CC(=O)NCCO)S(=O)(=O)c2ccc(C)cc2)cc1. The third kappa shape index (κ3) is 5.39. The summed E-state index contributed by atoms with van der Waals surface area (Å²) in [4.78, 5) is 12.2. The molecule has 1 amide bonds. The first kappa shape index (κ1) is 20.1. The van der Waals surface area contributed by atoms with Gasteiger partial charge in [0.05, 0.1) is 18.0 Å². The number of amides is 1. The molecule has 0 spiro atoms. The van der Waals surface area contributed by atoms with Gasteiger partial charge >= 0.3 is 0 Å². The zero-order chi connectivity index (χ0) is 19.2. The molecule has 0 unspecified atom stereocenters. The number of nitrogens with zero attached hydrogens (tertiary/aromatic N) is 1. The maximum absolute atomic E-state index is 13.0. The zero-order valence-electron chi connectivity index (χ0n) is 15.0. The van der Waals surface area contributed by atoms with Crippen molar-refractivity contribution < 1.29 is 18.3 Å². The average Bonchev–Trinajstić information content (AvgIpc) is 2.61. The predicted octanol–water partition coefficient (Wildman–Crippen LogP) is 1.60. The molecule has 0 aromatic heterocycles.